The monoisotopic (exact) mass is 437 g/mol. The highest BCUT2D eigenvalue weighted by Gasteiger charge is 2.28. The first-order valence-corrected chi connectivity index (χ1v) is 9.16. The average molecular weight is 440 g/mol. The van der Waals surface area contributed by atoms with E-state index >= 15 is 0 Å². The van der Waals surface area contributed by atoms with Crippen molar-refractivity contribution in [2.75, 3.05) is 18.4 Å². The smallest absolute Gasteiger partial charge is 0.207 e. The molecule has 0 saturated carbocycles. The summed E-state index contributed by atoms with van der Waals surface area (Å²) in [6, 6.07) is 3.03. The second kappa shape index (κ2) is 6.90. The number of alkyl halides is 1. The maximum absolute atomic E-state index is 12.4. The molecule has 1 aromatic rings. The normalized spacial score (nSPS) is 12.1. The van der Waals surface area contributed by atoms with Gasteiger partial charge in [0.05, 0.1) is 10.0 Å². The number of hydrogen-bond acceptors (Lipinski definition) is 2. The van der Waals surface area contributed by atoms with Crippen LogP contribution in [0.1, 0.15) is 6.92 Å². The molecule has 3 nitrogen and oxygen atoms in total. The molecule has 0 N–H and O–H groups in total. The van der Waals surface area contributed by atoms with Crippen LogP contribution in [0.5, 0.6) is 0 Å². The maximum atomic E-state index is 12.4. The minimum absolute atomic E-state index is 0.0446. The van der Waals surface area contributed by atoms with Crippen LogP contribution in [0.3, 0.4) is 0 Å². The predicted octanol–water partition coefficient (Wildman–Crippen LogP) is 4.16. The van der Waals surface area contributed by atoms with Crippen molar-refractivity contribution in [2.45, 2.75) is 11.8 Å². The second-order valence-electron chi connectivity index (χ2n) is 3.38. The SMILES string of the molecule is CCN(CCBr)S(=O)(=O)c1c(Cl)cc(Br)cc1Cl. The molecular formula is C10H11Br2Cl2NO2S. The third-order valence-electron chi connectivity index (χ3n) is 2.25. The lowest BCUT2D eigenvalue weighted by Crippen LogP contribution is -2.32. The Kier molecular flexibility index (Phi) is 6.41. The van der Waals surface area contributed by atoms with Crippen LogP contribution in [-0.4, -0.2) is 31.1 Å². The van der Waals surface area contributed by atoms with Crippen LogP contribution in [0.25, 0.3) is 0 Å². The topological polar surface area (TPSA) is 37.4 Å². The van der Waals surface area contributed by atoms with Crippen LogP contribution in [-0.2, 0) is 10.0 Å². The lowest BCUT2D eigenvalue weighted by molar-refractivity contribution is 0.448. The quantitative estimate of drug-likeness (QED) is 0.646. The summed E-state index contributed by atoms with van der Waals surface area (Å²) in [6.07, 6.45) is 0. The summed E-state index contributed by atoms with van der Waals surface area (Å²) in [7, 11) is -3.67. The van der Waals surface area contributed by atoms with Crippen molar-refractivity contribution >= 4 is 65.1 Å². The van der Waals surface area contributed by atoms with E-state index in [9.17, 15) is 8.42 Å². The van der Waals surface area contributed by atoms with Gasteiger partial charge in [-0.3, -0.25) is 0 Å². The van der Waals surface area contributed by atoms with Crippen molar-refractivity contribution in [3.8, 4) is 0 Å². The van der Waals surface area contributed by atoms with Gasteiger partial charge in [0, 0.05) is 22.9 Å². The highest BCUT2D eigenvalue weighted by Crippen LogP contribution is 2.34. The molecule has 18 heavy (non-hydrogen) atoms. The van der Waals surface area contributed by atoms with Gasteiger partial charge in [-0.15, -0.1) is 0 Å². The zero-order valence-corrected chi connectivity index (χ0v) is 15.0. The second-order valence-corrected chi connectivity index (χ2v) is 7.78. The van der Waals surface area contributed by atoms with Gasteiger partial charge in [0.1, 0.15) is 4.90 Å². The minimum atomic E-state index is -3.67. The van der Waals surface area contributed by atoms with Gasteiger partial charge in [-0.1, -0.05) is 62.0 Å². The average Bonchev–Trinajstić information content (AvgIpc) is 2.23. The first-order valence-electron chi connectivity index (χ1n) is 5.05. The molecule has 1 aromatic carbocycles. The Hall–Kier alpha value is 0.670. The van der Waals surface area contributed by atoms with E-state index in [2.05, 4.69) is 31.9 Å². The highest BCUT2D eigenvalue weighted by molar-refractivity contribution is 9.10. The first kappa shape index (κ1) is 16.7. The Labute approximate surface area is 134 Å². The van der Waals surface area contributed by atoms with E-state index < -0.39 is 10.0 Å². The van der Waals surface area contributed by atoms with Gasteiger partial charge in [0.2, 0.25) is 10.0 Å². The van der Waals surface area contributed by atoms with Crippen molar-refractivity contribution in [1.82, 2.24) is 4.31 Å². The number of sulfonamides is 1. The molecule has 0 fully saturated rings. The zero-order valence-electron chi connectivity index (χ0n) is 9.46. The Morgan fingerprint density at radius 3 is 2.17 bits per heavy atom. The van der Waals surface area contributed by atoms with Gasteiger partial charge < -0.3 is 0 Å². The maximum Gasteiger partial charge on any atom is 0.246 e. The standard InChI is InChI=1S/C10H11Br2Cl2NO2S/c1-2-15(4-3-11)18(16,17)10-8(13)5-7(12)6-9(10)14/h5-6H,2-4H2,1H3. The molecule has 0 atom stereocenters. The van der Waals surface area contributed by atoms with E-state index in [0.717, 1.165) is 0 Å². The molecule has 0 bridgehead atoms. The van der Waals surface area contributed by atoms with Crippen LogP contribution in [0.2, 0.25) is 10.0 Å². The number of hydrogen-bond donors (Lipinski definition) is 0. The van der Waals surface area contributed by atoms with Crippen molar-refractivity contribution < 1.29 is 8.42 Å². The number of halogens is 4. The van der Waals surface area contributed by atoms with Crippen molar-refractivity contribution in [3.63, 3.8) is 0 Å². The summed E-state index contributed by atoms with van der Waals surface area (Å²) in [4.78, 5) is -0.0446. The highest BCUT2D eigenvalue weighted by atomic mass is 79.9. The molecule has 0 heterocycles. The Morgan fingerprint density at radius 2 is 1.78 bits per heavy atom. The fourth-order valence-corrected chi connectivity index (χ4v) is 5.44. The molecular weight excluding hydrogens is 429 g/mol. The summed E-state index contributed by atoms with van der Waals surface area (Å²) in [5, 5.41) is 0.774. The molecule has 0 amide bonds. The van der Waals surface area contributed by atoms with Crippen molar-refractivity contribution in [2.24, 2.45) is 0 Å². The van der Waals surface area contributed by atoms with E-state index in [1.807, 2.05) is 0 Å². The van der Waals surface area contributed by atoms with Gasteiger partial charge in [-0.2, -0.15) is 4.31 Å². The van der Waals surface area contributed by atoms with Crippen molar-refractivity contribution in [1.29, 1.82) is 0 Å². The van der Waals surface area contributed by atoms with Crippen LogP contribution in [0.15, 0.2) is 21.5 Å². The lowest BCUT2D eigenvalue weighted by Gasteiger charge is -2.20. The largest absolute Gasteiger partial charge is 0.246 e. The van der Waals surface area contributed by atoms with E-state index in [1.54, 1.807) is 6.92 Å². The molecule has 8 heteroatoms. The molecule has 0 unspecified atom stereocenters. The van der Waals surface area contributed by atoms with E-state index in [-0.39, 0.29) is 14.9 Å². The van der Waals surface area contributed by atoms with E-state index in [4.69, 9.17) is 23.2 Å². The predicted molar refractivity (Wildman–Crippen MR) is 82.4 cm³/mol. The van der Waals surface area contributed by atoms with Crippen LogP contribution < -0.4 is 0 Å². The molecule has 0 aliphatic rings. The fourth-order valence-electron chi connectivity index (χ4n) is 1.45. The van der Waals surface area contributed by atoms with Gasteiger partial charge in [0.15, 0.2) is 0 Å². The summed E-state index contributed by atoms with van der Waals surface area (Å²) in [5.74, 6) is 0. The molecule has 1 rings (SSSR count). The van der Waals surface area contributed by atoms with Crippen LogP contribution in [0, 0.1) is 0 Å². The number of nitrogens with zero attached hydrogens (tertiary/aromatic N) is 1. The first-order chi connectivity index (χ1) is 8.34. The van der Waals surface area contributed by atoms with Gasteiger partial charge in [-0.25, -0.2) is 8.42 Å². The van der Waals surface area contributed by atoms with Gasteiger partial charge in [0.25, 0.3) is 0 Å². The Balaban J connectivity index is 3.36. The van der Waals surface area contributed by atoms with E-state index in [1.165, 1.54) is 16.4 Å². The Bertz CT molecular complexity index is 514. The number of rotatable bonds is 5. The molecule has 0 radical (unpaired) electrons. The van der Waals surface area contributed by atoms with Gasteiger partial charge >= 0.3 is 0 Å². The van der Waals surface area contributed by atoms with Gasteiger partial charge in [-0.05, 0) is 12.1 Å². The Morgan fingerprint density at radius 1 is 1.28 bits per heavy atom. The van der Waals surface area contributed by atoms with Crippen LogP contribution in [0.4, 0.5) is 0 Å². The molecule has 0 aromatic heterocycles. The molecule has 102 valence electrons. The molecule has 0 spiro atoms. The summed E-state index contributed by atoms with van der Waals surface area (Å²) in [6.45, 7) is 2.49. The summed E-state index contributed by atoms with van der Waals surface area (Å²) in [5.41, 5.74) is 0. The molecule has 0 aliphatic carbocycles. The molecule has 0 aliphatic heterocycles. The van der Waals surface area contributed by atoms with Crippen LogP contribution >= 0.6 is 55.1 Å². The summed E-state index contributed by atoms with van der Waals surface area (Å²) < 4.78 is 26.8. The summed E-state index contributed by atoms with van der Waals surface area (Å²) >= 11 is 18.4. The number of benzene rings is 1. The molecule has 0 saturated heterocycles. The lowest BCUT2D eigenvalue weighted by atomic mass is 10.4. The fraction of sp³-hybridized carbons (Fsp3) is 0.400. The third-order valence-corrected chi connectivity index (χ3v) is 5.96. The zero-order chi connectivity index (χ0) is 13.9. The minimum Gasteiger partial charge on any atom is -0.207 e. The third kappa shape index (κ3) is 3.61. The van der Waals surface area contributed by atoms with E-state index in [0.29, 0.717) is 22.9 Å². The van der Waals surface area contributed by atoms with Crippen molar-refractivity contribution in [3.05, 3.63) is 26.7 Å².